The van der Waals surface area contributed by atoms with E-state index in [0.29, 0.717) is 5.56 Å². The van der Waals surface area contributed by atoms with Crippen molar-refractivity contribution >= 4 is 12.0 Å². The molecule has 0 aliphatic heterocycles. The molecule has 0 unspecified atom stereocenters. The minimum Gasteiger partial charge on any atom is -0.346 e. The molecule has 0 spiro atoms. The average molecular weight is 360 g/mol. The number of rotatable bonds is 5. The van der Waals surface area contributed by atoms with Crippen molar-refractivity contribution in [3.05, 3.63) is 95.6 Å². The van der Waals surface area contributed by atoms with E-state index in [1.54, 1.807) is 24.4 Å². The van der Waals surface area contributed by atoms with E-state index in [-0.39, 0.29) is 17.8 Å². The largest absolute Gasteiger partial charge is 0.346 e. The first kappa shape index (κ1) is 18.5. The highest BCUT2D eigenvalue weighted by molar-refractivity contribution is 5.92. The number of nitrogens with one attached hydrogen (secondary N) is 1. The number of hydrogen-bond acceptors (Lipinski definition) is 2. The summed E-state index contributed by atoms with van der Waals surface area (Å²) in [5.74, 6) is -0.622. The van der Waals surface area contributed by atoms with E-state index in [9.17, 15) is 9.18 Å². The molecule has 1 heterocycles. The lowest BCUT2D eigenvalue weighted by Crippen LogP contribution is -2.24. The third kappa shape index (κ3) is 4.67. The maximum Gasteiger partial charge on any atom is 0.244 e. The van der Waals surface area contributed by atoms with Crippen LogP contribution >= 0.6 is 0 Å². The van der Waals surface area contributed by atoms with Crippen LogP contribution in [0.3, 0.4) is 0 Å². The molecular formula is C23H21FN2O. The molecule has 3 rings (SSSR count). The summed E-state index contributed by atoms with van der Waals surface area (Å²) >= 11 is 0. The predicted octanol–water partition coefficient (Wildman–Crippen LogP) is 5.09. The SMILES string of the molecule is Cc1ccncc1-c1cccc([C@H](C)NC(=O)/C=C/c2ccccc2F)c1. The van der Waals surface area contributed by atoms with E-state index in [1.807, 2.05) is 44.3 Å². The van der Waals surface area contributed by atoms with Crippen molar-refractivity contribution < 1.29 is 9.18 Å². The maximum absolute atomic E-state index is 13.6. The molecule has 3 aromatic rings. The van der Waals surface area contributed by atoms with Gasteiger partial charge in [0.05, 0.1) is 6.04 Å². The second-order valence-corrected chi connectivity index (χ2v) is 6.40. The van der Waals surface area contributed by atoms with Gasteiger partial charge in [-0.1, -0.05) is 36.4 Å². The van der Waals surface area contributed by atoms with E-state index in [4.69, 9.17) is 0 Å². The number of aryl methyl sites for hydroxylation is 1. The molecule has 0 bridgehead atoms. The van der Waals surface area contributed by atoms with Crippen LogP contribution in [-0.4, -0.2) is 10.9 Å². The Labute approximate surface area is 158 Å². The minimum atomic E-state index is -0.353. The van der Waals surface area contributed by atoms with Crippen LogP contribution in [0.4, 0.5) is 4.39 Å². The Hall–Kier alpha value is -3.27. The number of hydrogen-bond donors (Lipinski definition) is 1. The van der Waals surface area contributed by atoms with Gasteiger partial charge in [-0.15, -0.1) is 0 Å². The fourth-order valence-electron chi connectivity index (χ4n) is 2.86. The Balaban J connectivity index is 1.72. The third-order valence-corrected chi connectivity index (χ3v) is 4.41. The number of nitrogens with zero attached hydrogens (tertiary/aromatic N) is 1. The van der Waals surface area contributed by atoms with Gasteiger partial charge >= 0.3 is 0 Å². The molecule has 4 heteroatoms. The number of benzene rings is 2. The summed E-state index contributed by atoms with van der Waals surface area (Å²) in [6.45, 7) is 3.96. The van der Waals surface area contributed by atoms with Crippen molar-refractivity contribution in [2.75, 3.05) is 0 Å². The highest BCUT2D eigenvalue weighted by Gasteiger charge is 2.10. The zero-order valence-electron chi connectivity index (χ0n) is 15.3. The Bertz CT molecular complexity index is 981. The van der Waals surface area contributed by atoms with Crippen LogP contribution in [0.2, 0.25) is 0 Å². The Morgan fingerprint density at radius 3 is 2.74 bits per heavy atom. The normalized spacial score (nSPS) is 12.1. The van der Waals surface area contributed by atoms with Gasteiger partial charge < -0.3 is 5.32 Å². The summed E-state index contributed by atoms with van der Waals surface area (Å²) in [6.07, 6.45) is 6.44. The van der Waals surface area contributed by atoms with Gasteiger partial charge in [0, 0.05) is 29.6 Å². The Morgan fingerprint density at radius 1 is 1.15 bits per heavy atom. The van der Waals surface area contributed by atoms with Crippen molar-refractivity contribution in [1.82, 2.24) is 10.3 Å². The maximum atomic E-state index is 13.6. The quantitative estimate of drug-likeness (QED) is 0.644. The molecular weight excluding hydrogens is 339 g/mol. The third-order valence-electron chi connectivity index (χ3n) is 4.41. The molecule has 1 amide bonds. The van der Waals surface area contributed by atoms with E-state index < -0.39 is 0 Å². The summed E-state index contributed by atoms with van der Waals surface area (Å²) in [7, 11) is 0. The predicted molar refractivity (Wildman–Crippen MR) is 106 cm³/mol. The fraction of sp³-hybridized carbons (Fsp3) is 0.130. The first-order valence-electron chi connectivity index (χ1n) is 8.78. The van der Waals surface area contributed by atoms with Gasteiger partial charge in [0.25, 0.3) is 0 Å². The summed E-state index contributed by atoms with van der Waals surface area (Å²) in [6, 6.07) is 16.2. The Kier molecular flexibility index (Phi) is 5.77. The molecule has 3 nitrogen and oxygen atoms in total. The average Bonchev–Trinajstić information content (AvgIpc) is 2.68. The van der Waals surface area contributed by atoms with Crippen LogP contribution in [0.5, 0.6) is 0 Å². The summed E-state index contributed by atoms with van der Waals surface area (Å²) in [4.78, 5) is 16.4. The molecule has 1 atom stereocenters. The number of pyridine rings is 1. The molecule has 2 aromatic carbocycles. The van der Waals surface area contributed by atoms with Gasteiger partial charge in [-0.05, 0) is 54.8 Å². The first-order chi connectivity index (χ1) is 13.0. The van der Waals surface area contributed by atoms with Gasteiger partial charge in [0.1, 0.15) is 5.82 Å². The van der Waals surface area contributed by atoms with Gasteiger partial charge in [0.15, 0.2) is 0 Å². The molecule has 0 aliphatic rings. The molecule has 0 radical (unpaired) electrons. The van der Waals surface area contributed by atoms with Crippen LogP contribution in [0.15, 0.2) is 73.1 Å². The van der Waals surface area contributed by atoms with Crippen molar-refractivity contribution in [2.45, 2.75) is 19.9 Å². The number of amides is 1. The summed E-state index contributed by atoms with van der Waals surface area (Å²) < 4.78 is 13.6. The zero-order valence-corrected chi connectivity index (χ0v) is 15.3. The van der Waals surface area contributed by atoms with Gasteiger partial charge in [-0.25, -0.2) is 4.39 Å². The zero-order chi connectivity index (χ0) is 19.2. The summed E-state index contributed by atoms with van der Waals surface area (Å²) in [5.41, 5.74) is 4.64. The van der Waals surface area contributed by atoms with E-state index in [2.05, 4.69) is 16.4 Å². The van der Waals surface area contributed by atoms with E-state index >= 15 is 0 Å². The second-order valence-electron chi connectivity index (χ2n) is 6.40. The lowest BCUT2D eigenvalue weighted by molar-refractivity contribution is -0.117. The molecule has 0 saturated carbocycles. The van der Waals surface area contributed by atoms with Crippen molar-refractivity contribution in [3.63, 3.8) is 0 Å². The lowest BCUT2D eigenvalue weighted by Gasteiger charge is -2.15. The number of halogens is 1. The van der Waals surface area contributed by atoms with Gasteiger partial charge in [-0.2, -0.15) is 0 Å². The van der Waals surface area contributed by atoms with Crippen LogP contribution in [0.25, 0.3) is 17.2 Å². The monoisotopic (exact) mass is 360 g/mol. The lowest BCUT2D eigenvalue weighted by atomic mass is 9.98. The molecule has 0 aliphatic carbocycles. The topological polar surface area (TPSA) is 42.0 Å². The molecule has 27 heavy (non-hydrogen) atoms. The fourth-order valence-corrected chi connectivity index (χ4v) is 2.86. The highest BCUT2D eigenvalue weighted by atomic mass is 19.1. The van der Waals surface area contributed by atoms with E-state index in [0.717, 1.165) is 22.3 Å². The van der Waals surface area contributed by atoms with Crippen LogP contribution < -0.4 is 5.32 Å². The van der Waals surface area contributed by atoms with Gasteiger partial charge in [0.2, 0.25) is 5.91 Å². The molecule has 136 valence electrons. The van der Waals surface area contributed by atoms with Crippen molar-refractivity contribution in [1.29, 1.82) is 0 Å². The van der Waals surface area contributed by atoms with Crippen LogP contribution in [-0.2, 0) is 4.79 Å². The van der Waals surface area contributed by atoms with E-state index in [1.165, 1.54) is 18.2 Å². The standard InChI is InChI=1S/C23H21FN2O/c1-16-12-13-25-15-21(16)20-8-5-7-19(14-20)17(2)26-23(27)11-10-18-6-3-4-9-22(18)24/h3-15,17H,1-2H3,(H,26,27)/b11-10+/t17-/m0/s1. The summed E-state index contributed by atoms with van der Waals surface area (Å²) in [5, 5.41) is 2.92. The van der Waals surface area contributed by atoms with Crippen LogP contribution in [0.1, 0.15) is 29.7 Å². The van der Waals surface area contributed by atoms with Crippen molar-refractivity contribution in [2.24, 2.45) is 0 Å². The smallest absolute Gasteiger partial charge is 0.244 e. The molecule has 1 N–H and O–H groups in total. The molecule has 0 saturated heterocycles. The van der Waals surface area contributed by atoms with Crippen LogP contribution in [0, 0.1) is 12.7 Å². The highest BCUT2D eigenvalue weighted by Crippen LogP contribution is 2.25. The van der Waals surface area contributed by atoms with Gasteiger partial charge in [-0.3, -0.25) is 9.78 Å². The second kappa shape index (κ2) is 8.41. The minimum absolute atomic E-state index is 0.181. The number of carbonyl (C=O) groups excluding carboxylic acids is 1. The number of aromatic nitrogens is 1. The molecule has 0 fully saturated rings. The van der Waals surface area contributed by atoms with Crippen molar-refractivity contribution in [3.8, 4) is 11.1 Å². The molecule has 1 aromatic heterocycles. The number of carbonyl (C=O) groups is 1. The Morgan fingerprint density at radius 2 is 1.96 bits per heavy atom. The first-order valence-corrected chi connectivity index (χ1v) is 8.78.